The summed E-state index contributed by atoms with van der Waals surface area (Å²) in [4.78, 5) is 47.5. The third-order valence-corrected chi connectivity index (χ3v) is 7.81. The molecule has 0 radical (unpaired) electrons. The van der Waals surface area contributed by atoms with Crippen LogP contribution in [0.1, 0.15) is 26.4 Å². The van der Waals surface area contributed by atoms with E-state index in [2.05, 4.69) is 9.97 Å². The number of morpholine rings is 1. The van der Waals surface area contributed by atoms with Gasteiger partial charge in [0, 0.05) is 30.9 Å². The molecule has 2 aliphatic heterocycles. The molecule has 1 saturated heterocycles. The van der Waals surface area contributed by atoms with Crippen molar-refractivity contribution in [2.24, 2.45) is 0 Å². The summed E-state index contributed by atoms with van der Waals surface area (Å²) in [6, 6.07) is 4.36. The van der Waals surface area contributed by atoms with E-state index < -0.39 is 27.9 Å². The lowest BCUT2D eigenvalue weighted by Gasteiger charge is -2.26. The molecule has 0 atom stereocenters. The Morgan fingerprint density at radius 1 is 1.14 bits per heavy atom. The molecule has 12 nitrogen and oxygen atoms in total. The van der Waals surface area contributed by atoms with E-state index >= 15 is 0 Å². The second-order valence-electron chi connectivity index (χ2n) is 7.99. The summed E-state index contributed by atoms with van der Waals surface area (Å²) in [7, 11) is -3.82. The highest BCUT2D eigenvalue weighted by Gasteiger charge is 2.39. The van der Waals surface area contributed by atoms with Gasteiger partial charge in [0.1, 0.15) is 12.9 Å². The van der Waals surface area contributed by atoms with Gasteiger partial charge in [-0.25, -0.2) is 22.8 Å². The number of carbonyl (C=O) groups excluding carboxylic acids is 3. The number of imidazole rings is 1. The summed E-state index contributed by atoms with van der Waals surface area (Å²) in [5, 5.41) is 0.274. The van der Waals surface area contributed by atoms with Crippen LogP contribution < -0.4 is 0 Å². The van der Waals surface area contributed by atoms with E-state index in [-0.39, 0.29) is 47.6 Å². The molecule has 0 N–H and O–H groups in total. The fourth-order valence-corrected chi connectivity index (χ4v) is 5.61. The zero-order valence-corrected chi connectivity index (χ0v) is 19.5. The Bertz CT molecular complexity index is 1450. The van der Waals surface area contributed by atoms with Crippen LogP contribution in [0, 0.1) is 6.92 Å². The van der Waals surface area contributed by atoms with Gasteiger partial charge in [-0.05, 0) is 25.1 Å². The van der Waals surface area contributed by atoms with Crippen molar-refractivity contribution in [3.05, 3.63) is 53.7 Å². The Morgan fingerprint density at radius 3 is 2.60 bits per heavy atom. The van der Waals surface area contributed by atoms with Gasteiger partial charge in [-0.15, -0.1) is 0 Å². The molecule has 182 valence electrons. The van der Waals surface area contributed by atoms with E-state index in [9.17, 15) is 22.8 Å². The van der Waals surface area contributed by atoms with Crippen LogP contribution in [0.2, 0.25) is 0 Å². The number of aryl methyl sites for hydroxylation is 1. The zero-order valence-electron chi connectivity index (χ0n) is 18.7. The number of amides is 2. The minimum absolute atomic E-state index is 0.00714. The average molecular weight is 500 g/mol. The number of nitrogens with zero attached hydrogens (tertiary/aromatic N) is 5. The lowest BCUT2D eigenvalue weighted by atomic mass is 10.0. The second-order valence-corrected chi connectivity index (χ2v) is 9.93. The first-order valence-corrected chi connectivity index (χ1v) is 12.3. The smallest absolute Gasteiger partial charge is 0.419 e. The van der Waals surface area contributed by atoms with Crippen molar-refractivity contribution < 1.29 is 32.3 Å². The van der Waals surface area contributed by atoms with Crippen molar-refractivity contribution in [1.29, 1.82) is 0 Å². The Hall–Kier alpha value is -3.68. The predicted molar refractivity (Wildman–Crippen MR) is 120 cm³/mol. The number of ether oxygens (including phenoxy) is 2. The molecule has 0 saturated carbocycles. The lowest BCUT2D eigenvalue weighted by molar-refractivity contribution is 0.0605. The maximum Gasteiger partial charge on any atom is 0.419 e. The minimum atomic E-state index is -3.82. The number of fused-ring (bicyclic) bond motifs is 3. The molecule has 2 aliphatic rings. The lowest BCUT2D eigenvalue weighted by Crippen LogP contribution is -2.40. The summed E-state index contributed by atoms with van der Waals surface area (Å²) in [5.74, 6) is -1.17. The van der Waals surface area contributed by atoms with Crippen molar-refractivity contribution in [2.75, 3.05) is 39.5 Å². The molecule has 1 fully saturated rings. The van der Waals surface area contributed by atoms with Crippen molar-refractivity contribution in [3.8, 4) is 0 Å². The van der Waals surface area contributed by atoms with Gasteiger partial charge in [-0.3, -0.25) is 19.5 Å². The van der Waals surface area contributed by atoms with Gasteiger partial charge >= 0.3 is 6.09 Å². The topological polar surface area (TPSA) is 141 Å². The quantitative estimate of drug-likeness (QED) is 0.471. The highest BCUT2D eigenvalue weighted by molar-refractivity contribution is 7.89. The number of hydrogen-bond donors (Lipinski definition) is 0. The first kappa shape index (κ1) is 23.1. The van der Waals surface area contributed by atoms with Gasteiger partial charge in [0.25, 0.3) is 11.8 Å². The minimum Gasteiger partial charge on any atom is -0.447 e. The van der Waals surface area contributed by atoms with Crippen LogP contribution in [0.3, 0.4) is 0 Å². The van der Waals surface area contributed by atoms with E-state index in [4.69, 9.17) is 9.47 Å². The highest BCUT2D eigenvalue weighted by Crippen LogP contribution is 2.33. The highest BCUT2D eigenvalue weighted by atomic mass is 32.2. The van der Waals surface area contributed by atoms with Crippen LogP contribution in [0.25, 0.3) is 10.9 Å². The number of rotatable bonds is 5. The van der Waals surface area contributed by atoms with Gasteiger partial charge in [-0.1, -0.05) is 0 Å². The molecular weight excluding hydrogens is 478 g/mol. The van der Waals surface area contributed by atoms with Crippen molar-refractivity contribution >= 4 is 38.8 Å². The Balaban J connectivity index is 1.45. The summed E-state index contributed by atoms with van der Waals surface area (Å²) in [6.07, 6.45) is 3.41. The number of benzene rings is 1. The van der Waals surface area contributed by atoms with Crippen molar-refractivity contribution in [3.63, 3.8) is 0 Å². The third-order valence-electron chi connectivity index (χ3n) is 5.92. The summed E-state index contributed by atoms with van der Waals surface area (Å²) >= 11 is 0. The van der Waals surface area contributed by atoms with Crippen LogP contribution in [0.5, 0.6) is 0 Å². The number of carbonyl (C=O) groups is 3. The Labute approximate surface area is 200 Å². The largest absolute Gasteiger partial charge is 0.447 e. The van der Waals surface area contributed by atoms with Crippen molar-refractivity contribution in [1.82, 2.24) is 23.7 Å². The maximum absolute atomic E-state index is 13.3. The molecule has 2 amide bonds. The third kappa shape index (κ3) is 3.96. The van der Waals surface area contributed by atoms with Gasteiger partial charge in [-0.2, -0.15) is 4.31 Å². The molecule has 3 aromatic rings. The van der Waals surface area contributed by atoms with Gasteiger partial charge < -0.3 is 9.47 Å². The van der Waals surface area contributed by atoms with Gasteiger partial charge in [0.2, 0.25) is 10.0 Å². The van der Waals surface area contributed by atoms with E-state index in [1.807, 2.05) is 0 Å². The van der Waals surface area contributed by atoms with E-state index in [0.717, 1.165) is 9.47 Å². The SMILES string of the molecule is Cc1nc2ccc(S(=O)(=O)N3CCOCC3)cc2c2c1C(=O)N(CCOC(=O)n1ccnc1)C2=O. The number of hydrogen-bond acceptors (Lipinski definition) is 9. The van der Waals surface area contributed by atoms with Gasteiger partial charge in [0.15, 0.2) is 0 Å². The predicted octanol–water partition coefficient (Wildman–Crippen LogP) is 1.04. The molecule has 2 aromatic heterocycles. The molecule has 0 unspecified atom stereocenters. The van der Waals surface area contributed by atoms with Crippen LogP contribution in [-0.4, -0.2) is 89.5 Å². The summed E-state index contributed by atoms with van der Waals surface area (Å²) in [6.45, 7) is 2.29. The molecule has 0 spiro atoms. The Kier molecular flexibility index (Phi) is 5.83. The van der Waals surface area contributed by atoms with Crippen LogP contribution in [0.4, 0.5) is 4.79 Å². The van der Waals surface area contributed by atoms with E-state index in [1.165, 1.54) is 41.2 Å². The van der Waals surface area contributed by atoms with Crippen molar-refractivity contribution in [2.45, 2.75) is 11.8 Å². The fraction of sp³-hybridized carbons (Fsp3) is 0.318. The molecule has 0 bridgehead atoms. The normalized spacial score (nSPS) is 16.7. The number of pyridine rings is 1. The monoisotopic (exact) mass is 499 g/mol. The molecule has 13 heteroatoms. The van der Waals surface area contributed by atoms with E-state index in [1.54, 1.807) is 6.92 Å². The summed E-state index contributed by atoms with van der Waals surface area (Å²) in [5.41, 5.74) is 0.964. The number of aromatic nitrogens is 3. The molecule has 35 heavy (non-hydrogen) atoms. The second kappa shape index (κ2) is 8.83. The summed E-state index contributed by atoms with van der Waals surface area (Å²) < 4.78 is 39.1. The average Bonchev–Trinajstić information content (AvgIpc) is 3.48. The molecule has 5 rings (SSSR count). The van der Waals surface area contributed by atoms with E-state index in [0.29, 0.717) is 24.4 Å². The van der Waals surface area contributed by atoms with Crippen LogP contribution in [0.15, 0.2) is 41.8 Å². The van der Waals surface area contributed by atoms with Crippen LogP contribution in [-0.2, 0) is 19.5 Å². The molecular formula is C22H21N5O7S. The standard InChI is InChI=1S/C22H21N5O7S/c1-14-18-19(21(29)27(20(18)28)8-11-34-22(30)25-5-4-23-13-25)16-12-15(2-3-17(16)24-14)35(31,32)26-6-9-33-10-7-26/h2-5,12-13H,6-11H2,1H3. The first-order valence-electron chi connectivity index (χ1n) is 10.8. The number of sulfonamides is 1. The molecule has 0 aliphatic carbocycles. The Morgan fingerprint density at radius 2 is 1.89 bits per heavy atom. The van der Waals surface area contributed by atoms with Gasteiger partial charge in [0.05, 0.1) is 47.0 Å². The zero-order chi connectivity index (χ0) is 24.7. The first-order chi connectivity index (χ1) is 16.8. The molecule has 4 heterocycles. The maximum atomic E-state index is 13.3. The molecule has 1 aromatic carbocycles. The fourth-order valence-electron chi connectivity index (χ4n) is 4.18. The van der Waals surface area contributed by atoms with Crippen LogP contribution >= 0.6 is 0 Å². The number of imide groups is 1.